The summed E-state index contributed by atoms with van der Waals surface area (Å²) in [5.74, 6) is -2.50. The average Bonchev–Trinajstić information content (AvgIpc) is 3.27. The van der Waals surface area contributed by atoms with Gasteiger partial charge in [0.1, 0.15) is 4.75 Å². The molecule has 0 bridgehead atoms. The summed E-state index contributed by atoms with van der Waals surface area (Å²) in [6, 6.07) is 4.13. The van der Waals surface area contributed by atoms with Gasteiger partial charge in [-0.1, -0.05) is 0 Å². The van der Waals surface area contributed by atoms with E-state index in [1.165, 1.54) is 5.56 Å². The molecule has 2 fully saturated rings. The van der Waals surface area contributed by atoms with Gasteiger partial charge in [0.05, 0.1) is 12.4 Å². The van der Waals surface area contributed by atoms with Crippen molar-refractivity contribution in [2.24, 2.45) is 5.92 Å². The largest absolute Gasteiger partial charge is 0.490 e. The van der Waals surface area contributed by atoms with E-state index in [0.29, 0.717) is 32.1 Å². The molecule has 1 N–H and O–H groups in total. The molecule has 4 rings (SSSR count). The van der Waals surface area contributed by atoms with E-state index in [4.69, 9.17) is 14.6 Å². The Balaban J connectivity index is 0.000000339. The third-order valence-corrected chi connectivity index (χ3v) is 8.60. The van der Waals surface area contributed by atoms with Crippen LogP contribution in [0, 0.1) is 5.92 Å². The summed E-state index contributed by atoms with van der Waals surface area (Å²) in [6.07, 6.45) is -1.19. The number of sulfone groups is 1. The summed E-state index contributed by atoms with van der Waals surface area (Å²) in [4.78, 5) is 19.2. The molecule has 1 atom stereocenters. The first-order valence-electron chi connectivity index (χ1n) is 9.19. The van der Waals surface area contributed by atoms with Gasteiger partial charge in [-0.05, 0) is 34.9 Å². The predicted octanol–water partition coefficient (Wildman–Crippen LogP) is 2.24. The lowest BCUT2D eigenvalue weighted by Gasteiger charge is -2.49. The van der Waals surface area contributed by atoms with Crippen molar-refractivity contribution in [1.29, 1.82) is 0 Å². The molecule has 4 heterocycles. The number of carbonyl (C=O) groups is 1. The van der Waals surface area contributed by atoms with Crippen LogP contribution in [0.4, 0.5) is 13.2 Å². The maximum Gasteiger partial charge on any atom is 0.490 e. The number of carboxylic acid groups (broad SMARTS) is 1. The minimum Gasteiger partial charge on any atom is -0.475 e. The molecule has 0 aliphatic carbocycles. The van der Waals surface area contributed by atoms with E-state index in [1.54, 1.807) is 29.8 Å². The normalized spacial score (nSPS) is 21.7. The molecule has 2 aliphatic rings. The van der Waals surface area contributed by atoms with Gasteiger partial charge in [-0.2, -0.15) is 24.5 Å². The van der Waals surface area contributed by atoms with Crippen molar-refractivity contribution in [2.45, 2.75) is 23.9 Å². The highest BCUT2D eigenvalue weighted by atomic mass is 32.2. The Hall–Kier alpha value is -2.25. The number of halogens is 3. The van der Waals surface area contributed by atoms with Gasteiger partial charge in [-0.25, -0.2) is 23.2 Å². The maximum atomic E-state index is 12.6. The summed E-state index contributed by atoms with van der Waals surface area (Å²) in [6.45, 7) is 2.36. The average molecular weight is 480 g/mol. The van der Waals surface area contributed by atoms with Crippen LogP contribution < -0.4 is 4.74 Å². The molecule has 1 spiro atoms. The maximum absolute atomic E-state index is 12.6. The fraction of sp³-hybridized carbons (Fsp3) is 0.500. The van der Waals surface area contributed by atoms with Crippen molar-refractivity contribution in [3.05, 3.63) is 40.8 Å². The molecule has 2 aromatic rings. The van der Waals surface area contributed by atoms with Crippen LogP contribution >= 0.6 is 11.3 Å². The Bertz CT molecular complexity index is 979. The molecule has 1 unspecified atom stereocenters. The van der Waals surface area contributed by atoms with E-state index in [0.717, 1.165) is 6.54 Å². The number of hydrogen-bond donors (Lipinski definition) is 1. The highest BCUT2D eigenvalue weighted by Gasteiger charge is 2.61. The number of carboxylic acids is 1. The van der Waals surface area contributed by atoms with Gasteiger partial charge in [0.2, 0.25) is 0 Å². The summed E-state index contributed by atoms with van der Waals surface area (Å²) in [5, 5.41) is 11.3. The highest BCUT2D eigenvalue weighted by molar-refractivity contribution is 7.93. The number of thiophene rings is 1. The lowest BCUT2D eigenvalue weighted by atomic mass is 9.83. The number of rotatable bonds is 5. The van der Waals surface area contributed by atoms with Crippen molar-refractivity contribution in [3.63, 3.8) is 0 Å². The Labute approximate surface area is 180 Å². The predicted molar refractivity (Wildman–Crippen MR) is 105 cm³/mol. The van der Waals surface area contributed by atoms with E-state index in [2.05, 4.69) is 26.3 Å². The number of hydrogen-bond acceptors (Lipinski definition) is 8. The first kappa shape index (κ1) is 23.4. The van der Waals surface area contributed by atoms with E-state index in [9.17, 15) is 21.6 Å². The topological polar surface area (TPSA) is 110 Å². The minimum absolute atomic E-state index is 0.00466. The third-order valence-electron chi connectivity index (χ3n) is 5.27. The van der Waals surface area contributed by atoms with Crippen molar-refractivity contribution in [1.82, 2.24) is 14.9 Å². The lowest BCUT2D eigenvalue weighted by molar-refractivity contribution is -0.192. The van der Waals surface area contributed by atoms with Crippen LogP contribution in [0.2, 0.25) is 0 Å². The second-order valence-corrected chi connectivity index (χ2v) is 10.5. The minimum atomic E-state index is -5.08. The number of alkyl halides is 3. The van der Waals surface area contributed by atoms with Crippen LogP contribution in [0.25, 0.3) is 0 Å². The van der Waals surface area contributed by atoms with Crippen molar-refractivity contribution in [3.8, 4) is 6.01 Å². The second-order valence-electron chi connectivity index (χ2n) is 7.29. The van der Waals surface area contributed by atoms with E-state index < -0.39 is 26.7 Å². The lowest BCUT2D eigenvalue weighted by Crippen LogP contribution is -2.67. The molecule has 0 aromatic carbocycles. The molecule has 0 amide bonds. The fourth-order valence-corrected chi connectivity index (χ4v) is 6.82. The molecule has 0 radical (unpaired) electrons. The first-order valence-corrected chi connectivity index (χ1v) is 11.8. The Morgan fingerprint density at radius 1 is 1.32 bits per heavy atom. The Morgan fingerprint density at radius 2 is 1.97 bits per heavy atom. The second kappa shape index (κ2) is 9.09. The quantitative estimate of drug-likeness (QED) is 0.696. The molecule has 31 heavy (non-hydrogen) atoms. The van der Waals surface area contributed by atoms with Gasteiger partial charge in [-0.15, -0.1) is 0 Å². The highest BCUT2D eigenvalue weighted by Crippen LogP contribution is 2.45. The molecule has 0 saturated carbocycles. The smallest absolute Gasteiger partial charge is 0.475 e. The number of aromatic nitrogens is 2. The monoisotopic (exact) mass is 479 g/mol. The standard InChI is InChI=1S/C16H19N3O3S2.C2HF3O2/c20-24(21)7-3-14(9-22-15-17-4-1-5-18-15)16(24)11-19(12-16)8-13-2-6-23-10-13;3-2(4,5)1(6)7/h1-2,4-6,10,14H,3,7-9,11-12H2;(H,6,7). The summed E-state index contributed by atoms with van der Waals surface area (Å²) < 4.78 is 62.0. The number of ether oxygens (including phenoxy) is 1. The molecule has 8 nitrogen and oxygen atoms in total. The van der Waals surface area contributed by atoms with Crippen LogP contribution in [-0.4, -0.2) is 70.7 Å². The summed E-state index contributed by atoms with van der Waals surface area (Å²) in [5.41, 5.74) is 1.25. The SMILES string of the molecule is O=C(O)C(F)(F)F.O=S1(=O)CCC(COc2ncccn2)C12CN(Cc1ccsc1)C2. The molecule has 13 heteroatoms. The zero-order valence-electron chi connectivity index (χ0n) is 16.2. The van der Waals surface area contributed by atoms with Crippen LogP contribution in [0.15, 0.2) is 35.3 Å². The van der Waals surface area contributed by atoms with Gasteiger partial charge in [0.15, 0.2) is 9.84 Å². The summed E-state index contributed by atoms with van der Waals surface area (Å²) >= 11 is 1.67. The molecular weight excluding hydrogens is 459 g/mol. The summed E-state index contributed by atoms with van der Waals surface area (Å²) in [7, 11) is -3.08. The van der Waals surface area contributed by atoms with Crippen LogP contribution in [0.5, 0.6) is 6.01 Å². The van der Waals surface area contributed by atoms with Gasteiger partial charge < -0.3 is 9.84 Å². The Kier molecular flexibility index (Phi) is 6.86. The van der Waals surface area contributed by atoms with Crippen molar-refractivity contribution < 1.29 is 36.2 Å². The molecular formula is C18H20F3N3O5S2. The molecule has 170 valence electrons. The zero-order chi connectivity index (χ0) is 22.7. The van der Waals surface area contributed by atoms with E-state index >= 15 is 0 Å². The van der Waals surface area contributed by atoms with Crippen LogP contribution in [0.1, 0.15) is 12.0 Å². The van der Waals surface area contributed by atoms with Crippen LogP contribution in [-0.2, 0) is 21.2 Å². The van der Waals surface area contributed by atoms with Gasteiger partial charge in [0.25, 0.3) is 0 Å². The van der Waals surface area contributed by atoms with E-state index in [1.807, 2.05) is 5.38 Å². The molecule has 2 aromatic heterocycles. The van der Waals surface area contributed by atoms with Crippen LogP contribution in [0.3, 0.4) is 0 Å². The van der Waals surface area contributed by atoms with Gasteiger partial charge in [0, 0.05) is 37.9 Å². The van der Waals surface area contributed by atoms with Crippen molar-refractivity contribution >= 4 is 27.1 Å². The van der Waals surface area contributed by atoms with Gasteiger partial charge >= 0.3 is 18.2 Å². The first-order chi connectivity index (χ1) is 14.5. The molecule has 2 aliphatic heterocycles. The number of likely N-dealkylation sites (tertiary alicyclic amines) is 1. The third kappa shape index (κ3) is 5.33. The molecule has 2 saturated heterocycles. The number of aliphatic carboxylic acids is 1. The zero-order valence-corrected chi connectivity index (χ0v) is 17.8. The van der Waals surface area contributed by atoms with Crippen molar-refractivity contribution in [2.75, 3.05) is 25.4 Å². The number of nitrogens with zero attached hydrogens (tertiary/aromatic N) is 3. The van der Waals surface area contributed by atoms with E-state index in [-0.39, 0.29) is 11.7 Å². The fourth-order valence-electron chi connectivity index (χ4n) is 3.71. The van der Waals surface area contributed by atoms with Gasteiger partial charge in [-0.3, -0.25) is 4.90 Å². The Morgan fingerprint density at radius 3 is 2.52 bits per heavy atom.